The third kappa shape index (κ3) is 2.06. The average molecular weight is 207 g/mol. The summed E-state index contributed by atoms with van der Waals surface area (Å²) >= 11 is 0. The number of aliphatic hydroxyl groups excluding tert-OH is 1. The number of methoxy groups -OCH3 is 1. The van der Waals surface area contributed by atoms with E-state index >= 15 is 0 Å². The molecule has 0 saturated heterocycles. The Morgan fingerprint density at radius 1 is 1.60 bits per heavy atom. The van der Waals surface area contributed by atoms with E-state index in [0.717, 1.165) is 0 Å². The first kappa shape index (κ1) is 11.0. The van der Waals surface area contributed by atoms with Crippen LogP contribution in [-0.2, 0) is 11.3 Å². The highest BCUT2D eigenvalue weighted by molar-refractivity contribution is 5.92. The lowest BCUT2D eigenvalue weighted by molar-refractivity contribution is 0.0596. The number of carbonyl (C=O) groups is 1. The van der Waals surface area contributed by atoms with Gasteiger partial charge >= 0.3 is 5.97 Å². The highest BCUT2D eigenvalue weighted by Crippen LogP contribution is 2.24. The first-order chi connectivity index (χ1) is 7.13. The molecule has 0 aliphatic carbocycles. The van der Waals surface area contributed by atoms with Crippen LogP contribution in [0.5, 0.6) is 5.75 Å². The fraction of sp³-hybridized carbons (Fsp3) is 0.200. The topological polar surface area (TPSA) is 90.6 Å². The lowest BCUT2D eigenvalue weighted by atomic mass is 10.0. The van der Waals surface area contributed by atoms with E-state index in [-0.39, 0.29) is 22.4 Å². The molecule has 5 nitrogen and oxygen atoms in total. The Kier molecular flexibility index (Phi) is 3.26. The third-order valence-corrected chi connectivity index (χ3v) is 1.92. The fourth-order valence-electron chi connectivity index (χ4n) is 1.18. The number of esters is 1. The molecule has 1 aromatic rings. The summed E-state index contributed by atoms with van der Waals surface area (Å²) in [7, 11) is 1.18. The lowest BCUT2D eigenvalue weighted by Crippen LogP contribution is -2.06. The number of nitriles is 1. The summed E-state index contributed by atoms with van der Waals surface area (Å²) in [6, 6.07) is 4.23. The van der Waals surface area contributed by atoms with Crippen LogP contribution >= 0.6 is 0 Å². The van der Waals surface area contributed by atoms with E-state index in [2.05, 4.69) is 4.74 Å². The van der Waals surface area contributed by atoms with Gasteiger partial charge in [0.25, 0.3) is 0 Å². The highest BCUT2D eigenvalue weighted by atomic mass is 16.5. The van der Waals surface area contributed by atoms with Crippen molar-refractivity contribution in [1.29, 1.82) is 5.26 Å². The molecule has 2 N–H and O–H groups in total. The predicted molar refractivity (Wildman–Crippen MR) is 50.1 cm³/mol. The van der Waals surface area contributed by atoms with Crippen molar-refractivity contribution >= 4 is 5.97 Å². The molecule has 0 saturated carbocycles. The third-order valence-electron chi connectivity index (χ3n) is 1.92. The van der Waals surface area contributed by atoms with Crippen LogP contribution < -0.4 is 0 Å². The van der Waals surface area contributed by atoms with Crippen molar-refractivity contribution < 1.29 is 19.7 Å². The predicted octanol–water partition coefficient (Wildman–Crippen LogP) is 0.543. The molecule has 0 fully saturated rings. The van der Waals surface area contributed by atoms with Crippen LogP contribution in [0.2, 0.25) is 0 Å². The molecule has 0 heterocycles. The Bertz CT molecular complexity index is 434. The maximum Gasteiger partial charge on any atom is 0.338 e. The molecule has 0 unspecified atom stereocenters. The van der Waals surface area contributed by atoms with E-state index in [0.29, 0.717) is 0 Å². The van der Waals surface area contributed by atoms with Crippen molar-refractivity contribution in [3.8, 4) is 11.8 Å². The van der Waals surface area contributed by atoms with E-state index < -0.39 is 12.6 Å². The SMILES string of the molecule is COC(=O)c1cc(C#N)cc(O)c1CO. The van der Waals surface area contributed by atoms with Crippen molar-refractivity contribution in [1.82, 2.24) is 0 Å². The minimum absolute atomic E-state index is 0.00319. The smallest absolute Gasteiger partial charge is 0.338 e. The normalized spacial score (nSPS) is 9.40. The number of benzene rings is 1. The zero-order valence-electron chi connectivity index (χ0n) is 8.02. The molecule has 0 spiro atoms. The maximum atomic E-state index is 11.3. The molecular weight excluding hydrogens is 198 g/mol. The number of hydrogen-bond acceptors (Lipinski definition) is 5. The van der Waals surface area contributed by atoms with E-state index in [1.165, 1.54) is 19.2 Å². The largest absolute Gasteiger partial charge is 0.508 e. The Morgan fingerprint density at radius 2 is 2.27 bits per heavy atom. The number of nitrogens with zero attached hydrogens (tertiary/aromatic N) is 1. The van der Waals surface area contributed by atoms with Gasteiger partial charge in [0.2, 0.25) is 0 Å². The van der Waals surface area contributed by atoms with Crippen molar-refractivity contribution in [2.24, 2.45) is 0 Å². The minimum Gasteiger partial charge on any atom is -0.508 e. The van der Waals surface area contributed by atoms with E-state index in [1.807, 2.05) is 0 Å². The van der Waals surface area contributed by atoms with Crippen LogP contribution in [0.15, 0.2) is 12.1 Å². The minimum atomic E-state index is -0.702. The number of rotatable bonds is 2. The number of ether oxygens (including phenoxy) is 1. The van der Waals surface area contributed by atoms with Gasteiger partial charge in [-0.25, -0.2) is 4.79 Å². The van der Waals surface area contributed by atoms with Crippen LogP contribution in [0.4, 0.5) is 0 Å². The Hall–Kier alpha value is -2.06. The van der Waals surface area contributed by atoms with Crippen molar-refractivity contribution in [3.05, 3.63) is 28.8 Å². The van der Waals surface area contributed by atoms with Crippen molar-refractivity contribution in [2.75, 3.05) is 7.11 Å². The van der Waals surface area contributed by atoms with E-state index in [1.54, 1.807) is 6.07 Å². The van der Waals surface area contributed by atoms with Crippen LogP contribution in [0, 0.1) is 11.3 Å². The Morgan fingerprint density at radius 3 is 2.73 bits per heavy atom. The summed E-state index contributed by atoms with van der Waals surface area (Å²) in [4.78, 5) is 11.3. The molecule has 0 aromatic heterocycles. The van der Waals surface area contributed by atoms with Gasteiger partial charge in [0, 0.05) is 5.56 Å². The number of hydrogen-bond donors (Lipinski definition) is 2. The lowest BCUT2D eigenvalue weighted by Gasteiger charge is -2.07. The van der Waals surface area contributed by atoms with Crippen molar-refractivity contribution in [3.63, 3.8) is 0 Å². The summed E-state index contributed by atoms with van der Waals surface area (Å²) in [5, 5.41) is 27.0. The highest BCUT2D eigenvalue weighted by Gasteiger charge is 2.16. The summed E-state index contributed by atoms with van der Waals surface area (Å²) in [6.45, 7) is -0.498. The van der Waals surface area contributed by atoms with Gasteiger partial charge in [-0.1, -0.05) is 0 Å². The molecule has 1 aromatic carbocycles. The summed E-state index contributed by atoms with van der Waals surface area (Å²) < 4.78 is 4.46. The summed E-state index contributed by atoms with van der Waals surface area (Å²) in [5.41, 5.74) is 0.183. The Labute approximate surface area is 86.1 Å². The number of carbonyl (C=O) groups excluding carboxylic acids is 1. The van der Waals surface area contributed by atoms with Crippen LogP contribution in [-0.4, -0.2) is 23.3 Å². The Balaban J connectivity index is 3.40. The van der Waals surface area contributed by atoms with Crippen LogP contribution in [0.25, 0.3) is 0 Å². The number of aromatic hydroxyl groups is 1. The van der Waals surface area contributed by atoms with Crippen molar-refractivity contribution in [2.45, 2.75) is 6.61 Å². The van der Waals surface area contributed by atoms with Gasteiger partial charge in [-0.05, 0) is 12.1 Å². The van der Waals surface area contributed by atoms with Gasteiger partial charge in [-0.3, -0.25) is 0 Å². The molecular formula is C10H9NO4. The maximum absolute atomic E-state index is 11.3. The summed E-state index contributed by atoms with van der Waals surface area (Å²) in [5.74, 6) is -0.997. The second-order valence-corrected chi connectivity index (χ2v) is 2.78. The quantitative estimate of drug-likeness (QED) is 0.691. The van der Waals surface area contributed by atoms with Gasteiger partial charge in [0.15, 0.2) is 0 Å². The van der Waals surface area contributed by atoms with Crippen LogP contribution in [0.1, 0.15) is 21.5 Å². The first-order valence-corrected chi connectivity index (χ1v) is 4.09. The molecule has 0 atom stereocenters. The average Bonchev–Trinajstić information content (AvgIpc) is 2.26. The molecule has 0 aliphatic rings. The van der Waals surface area contributed by atoms with Crippen LogP contribution in [0.3, 0.4) is 0 Å². The van der Waals surface area contributed by atoms with E-state index in [4.69, 9.17) is 10.4 Å². The van der Waals surface area contributed by atoms with Gasteiger partial charge < -0.3 is 14.9 Å². The molecule has 15 heavy (non-hydrogen) atoms. The van der Waals surface area contributed by atoms with Gasteiger partial charge in [0.1, 0.15) is 5.75 Å². The molecule has 1 rings (SSSR count). The second kappa shape index (κ2) is 4.44. The monoisotopic (exact) mass is 207 g/mol. The fourth-order valence-corrected chi connectivity index (χ4v) is 1.18. The zero-order valence-corrected chi connectivity index (χ0v) is 8.02. The molecule has 78 valence electrons. The zero-order chi connectivity index (χ0) is 11.4. The first-order valence-electron chi connectivity index (χ1n) is 4.09. The van der Waals surface area contributed by atoms with Gasteiger partial charge in [-0.2, -0.15) is 5.26 Å². The standard InChI is InChI=1S/C10H9NO4/c1-15-10(14)7-2-6(4-11)3-9(13)8(7)5-12/h2-3,12-13H,5H2,1H3. The molecule has 0 amide bonds. The molecule has 0 aliphatic heterocycles. The summed E-state index contributed by atoms with van der Waals surface area (Å²) in [6.07, 6.45) is 0. The second-order valence-electron chi connectivity index (χ2n) is 2.78. The molecule has 0 radical (unpaired) electrons. The van der Waals surface area contributed by atoms with E-state index in [9.17, 15) is 9.90 Å². The number of aliphatic hydroxyl groups is 1. The van der Waals surface area contributed by atoms with Gasteiger partial charge in [0.05, 0.1) is 30.9 Å². The molecule has 5 heteroatoms. The number of phenols is 1. The molecule has 0 bridgehead atoms. The van der Waals surface area contributed by atoms with Gasteiger partial charge in [-0.15, -0.1) is 0 Å².